The Kier molecular flexibility index (Phi) is 3.00. The third-order valence-corrected chi connectivity index (χ3v) is 4.38. The van der Waals surface area contributed by atoms with Crippen LogP contribution in [0.15, 0.2) is 66.9 Å². The number of pyridine rings is 1. The number of hydrogen-bond donors (Lipinski definition) is 0. The highest BCUT2D eigenvalue weighted by Gasteiger charge is 2.14. The molecule has 0 aromatic heterocycles. The first kappa shape index (κ1) is 13.1. The summed E-state index contributed by atoms with van der Waals surface area (Å²) >= 11 is 0. The first-order chi connectivity index (χ1) is 10.7. The topological polar surface area (TPSA) is 4.93 Å². The molecule has 0 fully saturated rings. The molecule has 1 nitrogen and oxygen atoms in total. The molecule has 0 saturated heterocycles. The lowest BCUT2D eigenvalue weighted by Gasteiger charge is -2.13. The minimum atomic E-state index is 0.909. The number of aromatic nitrogens is 1. The van der Waals surface area contributed by atoms with E-state index in [-0.39, 0.29) is 0 Å². The van der Waals surface area contributed by atoms with Gasteiger partial charge in [0.15, 0.2) is 0 Å². The van der Waals surface area contributed by atoms with E-state index in [2.05, 4.69) is 85.3 Å². The average molecular weight is 285 g/mol. The molecule has 2 aromatic rings. The smallest absolute Gasteiger partial charge is 0.0495 e. The molecule has 0 spiro atoms. The van der Waals surface area contributed by atoms with Crippen molar-refractivity contribution in [3.8, 4) is 11.3 Å². The minimum absolute atomic E-state index is 0.909. The van der Waals surface area contributed by atoms with E-state index in [0.717, 1.165) is 6.54 Å². The molecule has 1 aliphatic heterocycles. The molecule has 0 saturated carbocycles. The summed E-state index contributed by atoms with van der Waals surface area (Å²) in [5, 5.41) is 2.74. The predicted octanol–water partition coefficient (Wildman–Crippen LogP) is 5.41. The maximum absolute atomic E-state index is 2.35. The fourth-order valence-electron chi connectivity index (χ4n) is 3.48. The molecular weight excluding hydrogens is 266 g/mol. The number of hydrogen-bond acceptors (Lipinski definition) is 0. The SMILES string of the molecule is Cc1cc(C)c2c3cccn(Cc4ccccc4)c-3cc2c1. The minimum Gasteiger partial charge on any atom is -0.343 e. The van der Waals surface area contributed by atoms with Crippen molar-refractivity contribution in [2.24, 2.45) is 0 Å². The molecule has 0 amide bonds. The van der Waals surface area contributed by atoms with E-state index in [1.807, 2.05) is 0 Å². The Morgan fingerprint density at radius 3 is 2.50 bits per heavy atom. The zero-order valence-corrected chi connectivity index (χ0v) is 13.0. The fourth-order valence-corrected chi connectivity index (χ4v) is 3.48. The van der Waals surface area contributed by atoms with E-state index in [9.17, 15) is 0 Å². The van der Waals surface area contributed by atoms with E-state index in [1.54, 1.807) is 0 Å². The maximum atomic E-state index is 2.35. The molecule has 1 aliphatic carbocycles. The molecule has 0 N–H and O–H groups in total. The van der Waals surface area contributed by atoms with Gasteiger partial charge in [0.2, 0.25) is 0 Å². The van der Waals surface area contributed by atoms with Crippen LogP contribution in [0.2, 0.25) is 0 Å². The normalized spacial score (nSPS) is 11.4. The summed E-state index contributed by atoms with van der Waals surface area (Å²) in [4.78, 5) is 0. The fraction of sp³-hybridized carbons (Fsp3) is 0.143. The Bertz CT molecular complexity index is 916. The molecule has 108 valence electrons. The van der Waals surface area contributed by atoms with Gasteiger partial charge < -0.3 is 4.57 Å². The monoisotopic (exact) mass is 285 g/mol. The Hall–Kier alpha value is -2.54. The molecule has 2 aliphatic rings. The average Bonchev–Trinajstić information content (AvgIpc) is 2.88. The lowest BCUT2D eigenvalue weighted by Crippen LogP contribution is -2.02. The second kappa shape index (κ2) is 5.03. The second-order valence-electron chi connectivity index (χ2n) is 6.11. The number of nitrogens with zero attached hydrogens (tertiary/aromatic N) is 1. The molecule has 1 heterocycles. The second-order valence-corrected chi connectivity index (χ2v) is 6.11. The number of aryl methyl sites for hydroxylation is 2. The van der Waals surface area contributed by atoms with Crippen molar-refractivity contribution >= 4 is 10.8 Å². The van der Waals surface area contributed by atoms with Crippen LogP contribution in [0.5, 0.6) is 0 Å². The van der Waals surface area contributed by atoms with Gasteiger partial charge in [-0.05, 0) is 47.9 Å². The van der Waals surface area contributed by atoms with Crippen molar-refractivity contribution in [1.29, 1.82) is 0 Å². The highest BCUT2D eigenvalue weighted by molar-refractivity contribution is 6.03. The summed E-state index contributed by atoms with van der Waals surface area (Å²) in [5.74, 6) is 0. The van der Waals surface area contributed by atoms with E-state index < -0.39 is 0 Å². The van der Waals surface area contributed by atoms with Gasteiger partial charge in [-0.3, -0.25) is 0 Å². The van der Waals surface area contributed by atoms with E-state index in [0.29, 0.717) is 0 Å². The predicted molar refractivity (Wildman–Crippen MR) is 93.6 cm³/mol. The summed E-state index contributed by atoms with van der Waals surface area (Å²) in [5.41, 5.74) is 6.69. The van der Waals surface area contributed by atoms with Crippen molar-refractivity contribution in [3.63, 3.8) is 0 Å². The quantitative estimate of drug-likeness (QED) is 0.464. The summed E-state index contributed by atoms with van der Waals surface area (Å²) in [6.45, 7) is 5.29. The molecule has 0 unspecified atom stereocenters. The van der Waals surface area contributed by atoms with Crippen LogP contribution in [0, 0.1) is 13.8 Å². The van der Waals surface area contributed by atoms with Gasteiger partial charge in [0.1, 0.15) is 0 Å². The zero-order chi connectivity index (χ0) is 15.1. The van der Waals surface area contributed by atoms with Crippen LogP contribution >= 0.6 is 0 Å². The van der Waals surface area contributed by atoms with Gasteiger partial charge >= 0.3 is 0 Å². The van der Waals surface area contributed by atoms with Crippen molar-refractivity contribution in [1.82, 2.24) is 4.57 Å². The van der Waals surface area contributed by atoms with Crippen molar-refractivity contribution in [3.05, 3.63) is 83.6 Å². The van der Waals surface area contributed by atoms with Gasteiger partial charge in [-0.25, -0.2) is 0 Å². The van der Waals surface area contributed by atoms with E-state index >= 15 is 0 Å². The standard InChI is InChI=1S/C21H19N/c1-15-11-16(2)21-18(12-15)13-20-19(21)9-6-10-22(20)14-17-7-4-3-5-8-17/h3-13H,14H2,1-2H3. The lowest BCUT2D eigenvalue weighted by atomic mass is 10.0. The van der Waals surface area contributed by atoms with Crippen LogP contribution in [0.1, 0.15) is 16.7 Å². The summed E-state index contributed by atoms with van der Waals surface area (Å²) < 4.78 is 2.35. The number of fused-ring (bicyclic) bond motifs is 3. The Morgan fingerprint density at radius 1 is 0.864 bits per heavy atom. The van der Waals surface area contributed by atoms with Crippen LogP contribution in [0.4, 0.5) is 0 Å². The highest BCUT2D eigenvalue weighted by atomic mass is 15.0. The van der Waals surface area contributed by atoms with Gasteiger partial charge in [0.25, 0.3) is 0 Å². The first-order valence-corrected chi connectivity index (χ1v) is 7.75. The molecule has 0 bridgehead atoms. The van der Waals surface area contributed by atoms with Gasteiger partial charge in [0, 0.05) is 24.0 Å². The molecule has 0 radical (unpaired) electrons. The van der Waals surface area contributed by atoms with Gasteiger partial charge in [-0.15, -0.1) is 0 Å². The van der Waals surface area contributed by atoms with Crippen LogP contribution in [-0.4, -0.2) is 4.57 Å². The molecule has 22 heavy (non-hydrogen) atoms. The van der Waals surface area contributed by atoms with Crippen molar-refractivity contribution < 1.29 is 0 Å². The van der Waals surface area contributed by atoms with Crippen LogP contribution in [-0.2, 0) is 6.54 Å². The van der Waals surface area contributed by atoms with Crippen LogP contribution in [0.3, 0.4) is 0 Å². The summed E-state index contributed by atoms with van der Waals surface area (Å²) in [7, 11) is 0. The van der Waals surface area contributed by atoms with Crippen LogP contribution < -0.4 is 0 Å². The molecule has 4 rings (SSSR count). The molecular formula is C21H19N. The zero-order valence-electron chi connectivity index (χ0n) is 13.0. The van der Waals surface area contributed by atoms with E-state index in [1.165, 1.54) is 38.7 Å². The third kappa shape index (κ3) is 2.10. The first-order valence-electron chi connectivity index (χ1n) is 7.75. The Labute approximate surface area is 131 Å². The van der Waals surface area contributed by atoms with Crippen LogP contribution in [0.25, 0.3) is 22.0 Å². The molecule has 1 heteroatoms. The van der Waals surface area contributed by atoms with E-state index in [4.69, 9.17) is 0 Å². The molecule has 2 aromatic carbocycles. The number of benzene rings is 2. The van der Waals surface area contributed by atoms with Crippen molar-refractivity contribution in [2.75, 3.05) is 0 Å². The highest BCUT2D eigenvalue weighted by Crippen LogP contribution is 2.36. The lowest BCUT2D eigenvalue weighted by molar-refractivity contribution is 0.802. The summed E-state index contributed by atoms with van der Waals surface area (Å²) in [6.07, 6.45) is 2.18. The van der Waals surface area contributed by atoms with Gasteiger partial charge in [0.05, 0.1) is 0 Å². The molecule has 0 atom stereocenters. The Balaban J connectivity index is 1.90. The summed E-state index contributed by atoms with van der Waals surface area (Å²) in [6, 6.07) is 21.9. The third-order valence-electron chi connectivity index (χ3n) is 4.38. The van der Waals surface area contributed by atoms with Gasteiger partial charge in [-0.2, -0.15) is 0 Å². The number of rotatable bonds is 2. The Morgan fingerprint density at radius 2 is 1.68 bits per heavy atom. The maximum Gasteiger partial charge on any atom is 0.0495 e. The van der Waals surface area contributed by atoms with Crippen molar-refractivity contribution in [2.45, 2.75) is 20.4 Å². The van der Waals surface area contributed by atoms with Gasteiger partial charge in [-0.1, -0.05) is 54.1 Å². The largest absolute Gasteiger partial charge is 0.343 e.